The largest absolute Gasteiger partial charge is 0.319 e. The predicted molar refractivity (Wildman–Crippen MR) is 71.1 cm³/mol. The molecule has 2 aromatic rings. The molecule has 0 fully saturated rings. The van der Waals surface area contributed by atoms with E-state index < -0.39 is 17.7 Å². The summed E-state index contributed by atoms with van der Waals surface area (Å²) < 4.78 is 31.8. The monoisotopic (exact) mass is 283 g/mol. The Labute approximate surface area is 114 Å². The van der Waals surface area contributed by atoms with Gasteiger partial charge in [-0.05, 0) is 36.0 Å². The van der Waals surface area contributed by atoms with Crippen molar-refractivity contribution in [3.05, 3.63) is 45.5 Å². The van der Waals surface area contributed by atoms with E-state index in [0.29, 0.717) is 16.1 Å². The van der Waals surface area contributed by atoms with E-state index in [-0.39, 0.29) is 11.5 Å². The molecule has 6 heteroatoms. The first kappa shape index (κ1) is 14.0. The Morgan fingerprint density at radius 3 is 2.58 bits per heavy atom. The SMILES string of the molecule is Cc1ccc(F)c(C(N)c2snnc2C(C)C)c1F. The maximum Gasteiger partial charge on any atom is 0.134 e. The van der Waals surface area contributed by atoms with Gasteiger partial charge in [0.1, 0.15) is 11.6 Å². The van der Waals surface area contributed by atoms with Crippen LogP contribution in [-0.2, 0) is 0 Å². The Kier molecular flexibility index (Phi) is 3.91. The molecule has 0 aliphatic heterocycles. The lowest BCUT2D eigenvalue weighted by atomic mass is 9.98. The summed E-state index contributed by atoms with van der Waals surface area (Å²) in [7, 11) is 0. The zero-order chi connectivity index (χ0) is 14.2. The molecule has 102 valence electrons. The first-order valence-corrected chi connectivity index (χ1v) is 6.73. The van der Waals surface area contributed by atoms with Crippen molar-refractivity contribution in [2.75, 3.05) is 0 Å². The minimum absolute atomic E-state index is 0.107. The van der Waals surface area contributed by atoms with Crippen LogP contribution >= 0.6 is 11.5 Å². The lowest BCUT2D eigenvalue weighted by Gasteiger charge is -2.15. The average molecular weight is 283 g/mol. The third kappa shape index (κ3) is 2.50. The molecule has 19 heavy (non-hydrogen) atoms. The highest BCUT2D eigenvalue weighted by atomic mass is 32.1. The van der Waals surface area contributed by atoms with Gasteiger partial charge >= 0.3 is 0 Å². The molecule has 2 N–H and O–H groups in total. The van der Waals surface area contributed by atoms with Gasteiger partial charge in [-0.25, -0.2) is 8.78 Å². The summed E-state index contributed by atoms with van der Waals surface area (Å²) in [5, 5.41) is 3.99. The maximum atomic E-state index is 14.1. The van der Waals surface area contributed by atoms with Gasteiger partial charge < -0.3 is 5.73 Å². The number of aryl methyl sites for hydroxylation is 1. The van der Waals surface area contributed by atoms with E-state index in [0.717, 1.165) is 11.5 Å². The van der Waals surface area contributed by atoms with E-state index in [1.54, 1.807) is 6.92 Å². The van der Waals surface area contributed by atoms with Crippen molar-refractivity contribution >= 4 is 11.5 Å². The smallest absolute Gasteiger partial charge is 0.134 e. The van der Waals surface area contributed by atoms with Gasteiger partial charge in [0.05, 0.1) is 16.6 Å². The molecule has 0 saturated heterocycles. The Balaban J connectivity index is 2.53. The fourth-order valence-electron chi connectivity index (χ4n) is 1.92. The van der Waals surface area contributed by atoms with Crippen molar-refractivity contribution in [2.45, 2.75) is 32.7 Å². The van der Waals surface area contributed by atoms with Crippen LogP contribution in [0.25, 0.3) is 0 Å². The van der Waals surface area contributed by atoms with Crippen molar-refractivity contribution in [1.82, 2.24) is 9.59 Å². The van der Waals surface area contributed by atoms with Crippen LogP contribution in [0.1, 0.15) is 47.5 Å². The molecule has 1 aromatic heterocycles. The molecule has 1 aromatic carbocycles. The second-order valence-electron chi connectivity index (χ2n) is 4.75. The zero-order valence-electron chi connectivity index (χ0n) is 10.9. The molecule has 0 bridgehead atoms. The lowest BCUT2D eigenvalue weighted by molar-refractivity contribution is 0.538. The number of aromatic nitrogens is 2. The van der Waals surface area contributed by atoms with Crippen molar-refractivity contribution in [3.63, 3.8) is 0 Å². The van der Waals surface area contributed by atoms with Gasteiger partial charge in [0, 0.05) is 5.56 Å². The molecular weight excluding hydrogens is 268 g/mol. The van der Waals surface area contributed by atoms with E-state index in [1.165, 1.54) is 12.1 Å². The van der Waals surface area contributed by atoms with Crippen LogP contribution in [0.4, 0.5) is 8.78 Å². The number of rotatable bonds is 3. The summed E-state index contributed by atoms with van der Waals surface area (Å²) in [5.74, 6) is -1.13. The minimum Gasteiger partial charge on any atom is -0.319 e. The summed E-state index contributed by atoms with van der Waals surface area (Å²) in [4.78, 5) is 0.610. The fourth-order valence-corrected chi connectivity index (χ4v) is 2.73. The second kappa shape index (κ2) is 5.30. The molecule has 1 atom stereocenters. The predicted octanol–water partition coefficient (Wildman–Crippen LogP) is 3.30. The Morgan fingerprint density at radius 2 is 1.95 bits per heavy atom. The van der Waals surface area contributed by atoms with E-state index in [4.69, 9.17) is 5.73 Å². The number of nitrogens with zero attached hydrogens (tertiary/aromatic N) is 2. The van der Waals surface area contributed by atoms with Gasteiger partial charge in [-0.15, -0.1) is 5.10 Å². The number of halogens is 2. The molecule has 1 unspecified atom stereocenters. The summed E-state index contributed by atoms with van der Waals surface area (Å²) in [5.41, 5.74) is 6.97. The third-order valence-corrected chi connectivity index (χ3v) is 3.82. The van der Waals surface area contributed by atoms with E-state index in [2.05, 4.69) is 9.59 Å². The average Bonchev–Trinajstić information content (AvgIpc) is 2.83. The van der Waals surface area contributed by atoms with Crippen LogP contribution in [0.2, 0.25) is 0 Å². The van der Waals surface area contributed by atoms with Crippen LogP contribution in [0.3, 0.4) is 0 Å². The van der Waals surface area contributed by atoms with Crippen molar-refractivity contribution in [3.8, 4) is 0 Å². The number of hydrogen-bond donors (Lipinski definition) is 1. The van der Waals surface area contributed by atoms with Crippen molar-refractivity contribution < 1.29 is 8.78 Å². The van der Waals surface area contributed by atoms with Crippen LogP contribution in [0.15, 0.2) is 12.1 Å². The Morgan fingerprint density at radius 1 is 1.26 bits per heavy atom. The van der Waals surface area contributed by atoms with Crippen molar-refractivity contribution in [1.29, 1.82) is 0 Å². The van der Waals surface area contributed by atoms with Crippen molar-refractivity contribution in [2.24, 2.45) is 5.73 Å². The van der Waals surface area contributed by atoms with E-state index in [9.17, 15) is 8.78 Å². The number of nitrogens with two attached hydrogens (primary N) is 1. The fraction of sp³-hybridized carbons (Fsp3) is 0.385. The quantitative estimate of drug-likeness (QED) is 0.940. The lowest BCUT2D eigenvalue weighted by Crippen LogP contribution is -2.17. The maximum absolute atomic E-state index is 14.1. The minimum atomic E-state index is -0.878. The zero-order valence-corrected chi connectivity index (χ0v) is 11.8. The summed E-state index contributed by atoms with van der Waals surface area (Å²) in [6.45, 7) is 5.46. The van der Waals surface area contributed by atoms with Gasteiger partial charge in [0.15, 0.2) is 0 Å². The standard InChI is InChI=1S/C13H15F2N3S/c1-6(2)12-13(19-18-17-12)11(16)9-8(14)5-4-7(3)10(9)15/h4-6,11H,16H2,1-3H3. The van der Waals surface area contributed by atoms with Gasteiger partial charge in [0.25, 0.3) is 0 Å². The highest BCUT2D eigenvalue weighted by Crippen LogP contribution is 2.32. The molecule has 0 radical (unpaired) electrons. The second-order valence-corrected chi connectivity index (χ2v) is 5.53. The molecule has 0 spiro atoms. The van der Waals surface area contributed by atoms with Crippen LogP contribution in [0, 0.1) is 18.6 Å². The molecule has 0 amide bonds. The molecule has 0 saturated carbocycles. The molecule has 3 nitrogen and oxygen atoms in total. The first-order chi connectivity index (χ1) is 8.93. The van der Waals surface area contributed by atoms with Gasteiger partial charge in [0.2, 0.25) is 0 Å². The summed E-state index contributed by atoms with van der Waals surface area (Å²) in [6, 6.07) is 1.75. The highest BCUT2D eigenvalue weighted by molar-refractivity contribution is 7.05. The van der Waals surface area contributed by atoms with E-state index in [1.807, 2.05) is 13.8 Å². The molecule has 1 heterocycles. The van der Waals surface area contributed by atoms with E-state index >= 15 is 0 Å². The van der Waals surface area contributed by atoms with Crippen LogP contribution < -0.4 is 5.73 Å². The van der Waals surface area contributed by atoms with Gasteiger partial charge in [-0.3, -0.25) is 0 Å². The highest BCUT2D eigenvalue weighted by Gasteiger charge is 2.25. The molecular formula is C13H15F2N3S. The van der Waals surface area contributed by atoms with Gasteiger partial charge in [-0.2, -0.15) is 0 Å². The molecule has 0 aliphatic carbocycles. The number of benzene rings is 1. The first-order valence-electron chi connectivity index (χ1n) is 5.95. The summed E-state index contributed by atoms with van der Waals surface area (Å²) >= 11 is 1.08. The van der Waals surface area contributed by atoms with Crippen LogP contribution in [0.5, 0.6) is 0 Å². The summed E-state index contributed by atoms with van der Waals surface area (Å²) in [6.07, 6.45) is 0. The van der Waals surface area contributed by atoms with Crippen LogP contribution in [-0.4, -0.2) is 9.59 Å². The number of hydrogen-bond acceptors (Lipinski definition) is 4. The Bertz CT molecular complexity index is 596. The van der Waals surface area contributed by atoms with Gasteiger partial charge in [-0.1, -0.05) is 24.4 Å². The normalized spacial score (nSPS) is 13.0. The third-order valence-electron chi connectivity index (χ3n) is 3.00. The topological polar surface area (TPSA) is 51.8 Å². The molecule has 2 rings (SSSR count). The molecule has 0 aliphatic rings. The Hall–Kier alpha value is -1.40.